The highest BCUT2D eigenvalue weighted by Crippen LogP contribution is 2.30. The van der Waals surface area contributed by atoms with Gasteiger partial charge in [-0.3, -0.25) is 19.7 Å². The first-order valence-electron chi connectivity index (χ1n) is 10.7. The van der Waals surface area contributed by atoms with E-state index in [1.54, 1.807) is 66.7 Å². The third kappa shape index (κ3) is 5.37. The van der Waals surface area contributed by atoms with E-state index in [1.807, 2.05) is 0 Å². The fraction of sp³-hybridized carbons (Fsp3) is 0.0769. The summed E-state index contributed by atoms with van der Waals surface area (Å²) >= 11 is 6.05. The summed E-state index contributed by atoms with van der Waals surface area (Å²) in [6.07, 6.45) is 1.34. The SMILES string of the molecule is COc1cc(/C=C2/C(=O)NC(=O)N(c3ccccc3)C2=O)ccc1OCC(=O)Nc1ccccc1Cl. The molecule has 1 fully saturated rings. The summed E-state index contributed by atoms with van der Waals surface area (Å²) in [7, 11) is 1.41. The average molecular weight is 506 g/mol. The molecule has 3 aromatic rings. The van der Waals surface area contributed by atoms with Crippen LogP contribution in [0, 0.1) is 0 Å². The molecular weight excluding hydrogens is 486 g/mol. The molecule has 10 heteroatoms. The maximum Gasteiger partial charge on any atom is 0.335 e. The summed E-state index contributed by atoms with van der Waals surface area (Å²) < 4.78 is 10.9. The topological polar surface area (TPSA) is 114 Å². The molecule has 0 spiro atoms. The molecule has 0 aliphatic carbocycles. The van der Waals surface area contributed by atoms with Gasteiger partial charge in [0.05, 0.1) is 23.5 Å². The van der Waals surface area contributed by atoms with Gasteiger partial charge in [0.25, 0.3) is 17.7 Å². The van der Waals surface area contributed by atoms with Gasteiger partial charge in [0.1, 0.15) is 5.57 Å². The van der Waals surface area contributed by atoms with Gasteiger partial charge >= 0.3 is 6.03 Å². The minimum Gasteiger partial charge on any atom is -0.493 e. The number of carbonyl (C=O) groups excluding carboxylic acids is 4. The molecule has 4 rings (SSSR count). The van der Waals surface area contributed by atoms with Crippen molar-refractivity contribution in [2.24, 2.45) is 0 Å². The lowest BCUT2D eigenvalue weighted by Crippen LogP contribution is -2.54. The van der Waals surface area contributed by atoms with Gasteiger partial charge < -0.3 is 14.8 Å². The van der Waals surface area contributed by atoms with E-state index >= 15 is 0 Å². The Hall–Kier alpha value is -4.63. The first-order valence-corrected chi connectivity index (χ1v) is 11.1. The molecule has 1 heterocycles. The Balaban J connectivity index is 1.51. The van der Waals surface area contributed by atoms with Gasteiger partial charge in [-0.2, -0.15) is 0 Å². The van der Waals surface area contributed by atoms with Gasteiger partial charge in [0.2, 0.25) is 0 Å². The van der Waals surface area contributed by atoms with Crippen molar-refractivity contribution in [2.75, 3.05) is 23.9 Å². The third-order valence-corrected chi connectivity index (χ3v) is 5.45. The number of ether oxygens (including phenoxy) is 2. The Morgan fingerprint density at radius 3 is 2.44 bits per heavy atom. The number of nitrogens with zero attached hydrogens (tertiary/aromatic N) is 1. The third-order valence-electron chi connectivity index (χ3n) is 5.12. The lowest BCUT2D eigenvalue weighted by molar-refractivity contribution is -0.122. The normalized spacial score (nSPS) is 14.4. The van der Waals surface area contributed by atoms with Crippen LogP contribution in [0.2, 0.25) is 5.02 Å². The molecular formula is C26H20ClN3O6. The number of amides is 5. The molecule has 0 saturated carbocycles. The number of para-hydroxylation sites is 2. The van der Waals surface area contributed by atoms with E-state index in [9.17, 15) is 19.2 Å². The van der Waals surface area contributed by atoms with Crippen molar-refractivity contribution in [3.63, 3.8) is 0 Å². The van der Waals surface area contributed by atoms with Gasteiger partial charge in [0, 0.05) is 0 Å². The molecule has 9 nitrogen and oxygen atoms in total. The van der Waals surface area contributed by atoms with Crippen molar-refractivity contribution < 1.29 is 28.7 Å². The van der Waals surface area contributed by atoms with Crippen LogP contribution in [0.25, 0.3) is 6.08 Å². The Labute approximate surface area is 211 Å². The van der Waals surface area contributed by atoms with E-state index in [1.165, 1.54) is 19.3 Å². The predicted octanol–water partition coefficient (Wildman–Crippen LogP) is 4.03. The minimum absolute atomic E-state index is 0.228. The second-order valence-corrected chi connectivity index (χ2v) is 7.93. The van der Waals surface area contributed by atoms with Crippen LogP contribution >= 0.6 is 11.6 Å². The number of halogens is 1. The van der Waals surface area contributed by atoms with Gasteiger partial charge in [-0.1, -0.05) is 48.0 Å². The molecule has 3 aromatic carbocycles. The van der Waals surface area contributed by atoms with Crippen LogP contribution in [0.5, 0.6) is 11.5 Å². The van der Waals surface area contributed by atoms with E-state index in [0.717, 1.165) is 4.90 Å². The lowest BCUT2D eigenvalue weighted by atomic mass is 10.1. The quantitative estimate of drug-likeness (QED) is 0.370. The van der Waals surface area contributed by atoms with Gasteiger partial charge in [-0.25, -0.2) is 9.69 Å². The number of anilines is 2. The van der Waals surface area contributed by atoms with E-state index in [4.69, 9.17) is 21.1 Å². The largest absolute Gasteiger partial charge is 0.493 e. The van der Waals surface area contributed by atoms with Crippen molar-refractivity contribution >= 4 is 52.8 Å². The zero-order valence-corrected chi connectivity index (χ0v) is 19.7. The van der Waals surface area contributed by atoms with E-state index in [2.05, 4.69) is 10.6 Å². The summed E-state index contributed by atoms with van der Waals surface area (Å²) in [6, 6.07) is 18.9. The fourth-order valence-corrected chi connectivity index (χ4v) is 3.60. The number of rotatable bonds is 7. The van der Waals surface area contributed by atoms with Gasteiger partial charge in [-0.05, 0) is 48.0 Å². The molecule has 0 bridgehead atoms. The summed E-state index contributed by atoms with van der Waals surface area (Å²) in [5.74, 6) is -1.45. The first kappa shape index (κ1) is 24.5. The van der Waals surface area contributed by atoms with Crippen LogP contribution in [-0.2, 0) is 14.4 Å². The number of hydrogen-bond acceptors (Lipinski definition) is 6. The molecule has 182 valence electrons. The Kier molecular flexibility index (Phi) is 7.31. The van der Waals surface area contributed by atoms with Crippen LogP contribution < -0.4 is 25.0 Å². The molecule has 1 saturated heterocycles. The first-order chi connectivity index (χ1) is 17.4. The van der Waals surface area contributed by atoms with Crippen molar-refractivity contribution in [2.45, 2.75) is 0 Å². The van der Waals surface area contributed by atoms with E-state index in [0.29, 0.717) is 22.0 Å². The molecule has 36 heavy (non-hydrogen) atoms. The van der Waals surface area contributed by atoms with Crippen molar-refractivity contribution in [3.05, 3.63) is 89.0 Å². The molecule has 1 aliphatic heterocycles. The smallest absolute Gasteiger partial charge is 0.335 e. The highest BCUT2D eigenvalue weighted by atomic mass is 35.5. The number of nitrogens with one attached hydrogen (secondary N) is 2. The zero-order chi connectivity index (χ0) is 25.7. The molecule has 1 aliphatic rings. The molecule has 0 unspecified atom stereocenters. The van der Waals surface area contributed by atoms with Crippen LogP contribution in [0.3, 0.4) is 0 Å². The monoisotopic (exact) mass is 505 g/mol. The number of benzene rings is 3. The number of carbonyl (C=O) groups is 4. The Morgan fingerprint density at radius 2 is 1.72 bits per heavy atom. The molecule has 0 radical (unpaired) electrons. The van der Waals surface area contributed by atoms with E-state index in [-0.39, 0.29) is 23.7 Å². The number of barbiturate groups is 1. The van der Waals surface area contributed by atoms with Gasteiger partial charge in [0.15, 0.2) is 18.1 Å². The Bertz CT molecular complexity index is 1370. The minimum atomic E-state index is -0.829. The summed E-state index contributed by atoms with van der Waals surface area (Å²) in [5.41, 5.74) is 1.00. The average Bonchev–Trinajstić information content (AvgIpc) is 2.87. The van der Waals surface area contributed by atoms with E-state index < -0.39 is 23.8 Å². The summed E-state index contributed by atoms with van der Waals surface area (Å²) in [5, 5.41) is 5.23. The highest BCUT2D eigenvalue weighted by molar-refractivity contribution is 6.39. The highest BCUT2D eigenvalue weighted by Gasteiger charge is 2.36. The predicted molar refractivity (Wildman–Crippen MR) is 134 cm³/mol. The molecule has 0 atom stereocenters. The van der Waals surface area contributed by atoms with Crippen LogP contribution in [0.15, 0.2) is 78.4 Å². The fourth-order valence-electron chi connectivity index (χ4n) is 3.42. The summed E-state index contributed by atoms with van der Waals surface area (Å²) in [4.78, 5) is 50.8. The number of urea groups is 1. The second-order valence-electron chi connectivity index (χ2n) is 7.52. The van der Waals surface area contributed by atoms with Crippen LogP contribution in [0.4, 0.5) is 16.2 Å². The molecule has 2 N–H and O–H groups in total. The number of imide groups is 2. The second kappa shape index (κ2) is 10.7. The van der Waals surface area contributed by atoms with Crippen molar-refractivity contribution in [3.8, 4) is 11.5 Å². The zero-order valence-electron chi connectivity index (χ0n) is 19.0. The Morgan fingerprint density at radius 1 is 1.00 bits per heavy atom. The maximum absolute atomic E-state index is 13.0. The number of methoxy groups -OCH3 is 1. The molecule has 5 amide bonds. The maximum atomic E-state index is 13.0. The lowest BCUT2D eigenvalue weighted by Gasteiger charge is -2.26. The van der Waals surface area contributed by atoms with Crippen LogP contribution in [0.1, 0.15) is 5.56 Å². The van der Waals surface area contributed by atoms with Crippen molar-refractivity contribution in [1.82, 2.24) is 5.32 Å². The number of hydrogen-bond donors (Lipinski definition) is 2. The van der Waals surface area contributed by atoms with Crippen LogP contribution in [-0.4, -0.2) is 37.5 Å². The standard InChI is InChI=1S/C26H20ClN3O6/c1-35-22-14-16(11-12-21(22)36-15-23(31)28-20-10-6-5-9-19(20)27)13-18-24(32)29-26(34)30(25(18)33)17-7-3-2-4-8-17/h2-14H,15H2,1H3,(H,28,31)(H,29,32,34)/b18-13-. The van der Waals surface area contributed by atoms with Gasteiger partial charge in [-0.15, -0.1) is 0 Å². The summed E-state index contributed by atoms with van der Waals surface area (Å²) in [6.45, 7) is -0.308. The van der Waals surface area contributed by atoms with Crippen molar-refractivity contribution in [1.29, 1.82) is 0 Å². The molecule has 0 aromatic heterocycles.